The third-order valence-corrected chi connectivity index (χ3v) is 3.11. The van der Waals surface area contributed by atoms with Crippen molar-refractivity contribution in [3.63, 3.8) is 0 Å². The molecule has 0 saturated carbocycles. The lowest BCUT2D eigenvalue weighted by molar-refractivity contribution is -0.145. The van der Waals surface area contributed by atoms with Crippen LogP contribution in [0.4, 0.5) is 8.78 Å². The second-order valence-corrected chi connectivity index (χ2v) is 4.17. The molecule has 0 radical (unpaired) electrons. The minimum Gasteiger partial charge on any atom is -0.497 e. The zero-order chi connectivity index (χ0) is 14.2. The maximum absolute atomic E-state index is 13.9. The van der Waals surface area contributed by atoms with E-state index >= 15 is 0 Å². The Morgan fingerprint density at radius 2 is 2.00 bits per heavy atom. The molecule has 5 nitrogen and oxygen atoms in total. The standard InChI is InChI=1S/C12H11F2NO4/c1-19-5-2-7(13)9(8(14)3-5)6-4-15-11(16)10(6)12(17)18/h2-3,6,10H,4H2,1H3,(H,15,16)(H,17,18)/t6-,10-/m0/s1. The van der Waals surface area contributed by atoms with Crippen molar-refractivity contribution in [2.75, 3.05) is 13.7 Å². The van der Waals surface area contributed by atoms with Crippen molar-refractivity contribution in [2.24, 2.45) is 5.92 Å². The molecule has 1 aliphatic heterocycles. The van der Waals surface area contributed by atoms with Crippen LogP contribution in [0, 0.1) is 17.6 Å². The number of carboxylic acids is 1. The number of ether oxygens (including phenoxy) is 1. The summed E-state index contributed by atoms with van der Waals surface area (Å²) >= 11 is 0. The van der Waals surface area contributed by atoms with Crippen molar-refractivity contribution >= 4 is 11.9 Å². The highest BCUT2D eigenvalue weighted by molar-refractivity contribution is 5.99. The number of carbonyl (C=O) groups excluding carboxylic acids is 1. The van der Waals surface area contributed by atoms with Crippen LogP contribution in [0.2, 0.25) is 0 Å². The van der Waals surface area contributed by atoms with Gasteiger partial charge >= 0.3 is 5.97 Å². The summed E-state index contributed by atoms with van der Waals surface area (Å²) in [5, 5.41) is 11.3. The molecule has 1 aliphatic rings. The van der Waals surface area contributed by atoms with Crippen molar-refractivity contribution in [1.29, 1.82) is 0 Å². The fraction of sp³-hybridized carbons (Fsp3) is 0.333. The second kappa shape index (κ2) is 4.83. The fourth-order valence-corrected chi connectivity index (χ4v) is 2.21. The van der Waals surface area contributed by atoms with E-state index in [4.69, 9.17) is 9.84 Å². The topological polar surface area (TPSA) is 75.6 Å². The maximum Gasteiger partial charge on any atom is 0.316 e. The molecule has 19 heavy (non-hydrogen) atoms. The van der Waals surface area contributed by atoms with E-state index in [1.54, 1.807) is 0 Å². The Labute approximate surface area is 107 Å². The third-order valence-electron chi connectivity index (χ3n) is 3.11. The predicted molar refractivity (Wildman–Crippen MR) is 59.8 cm³/mol. The first kappa shape index (κ1) is 13.3. The molecule has 0 aromatic heterocycles. The first-order chi connectivity index (χ1) is 8.95. The molecule has 1 amide bonds. The monoisotopic (exact) mass is 271 g/mol. The Hall–Kier alpha value is -2.18. The van der Waals surface area contributed by atoms with Gasteiger partial charge in [0, 0.05) is 30.2 Å². The molecule has 0 unspecified atom stereocenters. The largest absolute Gasteiger partial charge is 0.497 e. The highest BCUT2D eigenvalue weighted by Crippen LogP contribution is 2.34. The van der Waals surface area contributed by atoms with Crippen molar-refractivity contribution in [3.8, 4) is 5.75 Å². The van der Waals surface area contributed by atoms with E-state index < -0.39 is 40.9 Å². The summed E-state index contributed by atoms with van der Waals surface area (Å²) in [5.74, 6) is -6.58. The minimum absolute atomic E-state index is 0.0112. The maximum atomic E-state index is 13.9. The van der Waals surface area contributed by atoms with Crippen LogP contribution in [0.3, 0.4) is 0 Å². The molecule has 1 aromatic carbocycles. The van der Waals surface area contributed by atoms with Crippen molar-refractivity contribution < 1.29 is 28.2 Å². The number of halogens is 2. The fourth-order valence-electron chi connectivity index (χ4n) is 2.21. The highest BCUT2D eigenvalue weighted by Gasteiger charge is 2.43. The van der Waals surface area contributed by atoms with Crippen LogP contribution >= 0.6 is 0 Å². The number of carbonyl (C=O) groups is 2. The Bertz CT molecular complexity index is 524. The lowest BCUT2D eigenvalue weighted by Crippen LogP contribution is -2.27. The van der Waals surface area contributed by atoms with Gasteiger partial charge in [-0.1, -0.05) is 0 Å². The van der Waals surface area contributed by atoms with Crippen molar-refractivity contribution in [1.82, 2.24) is 5.32 Å². The van der Waals surface area contributed by atoms with E-state index in [0.717, 1.165) is 12.1 Å². The summed E-state index contributed by atoms with van der Waals surface area (Å²) in [7, 11) is 1.26. The van der Waals surface area contributed by atoms with E-state index in [9.17, 15) is 18.4 Å². The highest BCUT2D eigenvalue weighted by atomic mass is 19.1. The number of carboxylic acid groups (broad SMARTS) is 1. The minimum atomic E-state index is -1.49. The average Bonchev–Trinajstić information content (AvgIpc) is 2.70. The number of hydrogen-bond acceptors (Lipinski definition) is 3. The molecule has 0 aliphatic carbocycles. The average molecular weight is 271 g/mol. The van der Waals surface area contributed by atoms with Gasteiger partial charge < -0.3 is 15.2 Å². The van der Waals surface area contributed by atoms with Crippen LogP contribution in [-0.2, 0) is 9.59 Å². The SMILES string of the molecule is COc1cc(F)c([C@@H]2CNC(=O)[C@H]2C(=O)O)c(F)c1. The molecule has 1 aromatic rings. The van der Waals surface area contributed by atoms with Crippen LogP contribution in [0.1, 0.15) is 11.5 Å². The van der Waals surface area contributed by atoms with Crippen LogP contribution in [-0.4, -0.2) is 30.6 Å². The van der Waals surface area contributed by atoms with Gasteiger partial charge in [-0.2, -0.15) is 0 Å². The summed E-state index contributed by atoms with van der Waals surface area (Å²) in [5.41, 5.74) is -0.411. The lowest BCUT2D eigenvalue weighted by Gasteiger charge is -2.16. The number of nitrogens with one attached hydrogen (secondary N) is 1. The summed E-state index contributed by atoms with van der Waals surface area (Å²) < 4.78 is 32.4. The van der Waals surface area contributed by atoms with E-state index in [2.05, 4.69) is 5.32 Å². The summed E-state index contributed by atoms with van der Waals surface area (Å²) in [4.78, 5) is 22.4. The summed E-state index contributed by atoms with van der Waals surface area (Å²) in [6.45, 7) is -0.115. The number of methoxy groups -OCH3 is 1. The number of amides is 1. The molecule has 1 fully saturated rings. The summed E-state index contributed by atoms with van der Waals surface area (Å²) in [6.07, 6.45) is 0. The van der Waals surface area contributed by atoms with Gasteiger partial charge in [-0.15, -0.1) is 0 Å². The van der Waals surface area contributed by atoms with Gasteiger partial charge in [-0.05, 0) is 0 Å². The molecule has 0 bridgehead atoms. The van der Waals surface area contributed by atoms with Gasteiger partial charge in [0.25, 0.3) is 0 Å². The number of aliphatic carboxylic acids is 1. The van der Waals surface area contributed by atoms with Gasteiger partial charge in [0.1, 0.15) is 23.3 Å². The number of benzene rings is 1. The van der Waals surface area contributed by atoms with E-state index in [0.29, 0.717) is 0 Å². The zero-order valence-corrected chi connectivity index (χ0v) is 9.94. The third kappa shape index (κ3) is 2.23. The van der Waals surface area contributed by atoms with Crippen molar-refractivity contribution in [3.05, 3.63) is 29.3 Å². The molecule has 2 atom stereocenters. The smallest absolute Gasteiger partial charge is 0.316 e. The molecule has 2 N–H and O–H groups in total. The van der Waals surface area contributed by atoms with Gasteiger partial charge in [0.15, 0.2) is 0 Å². The first-order valence-electron chi connectivity index (χ1n) is 5.49. The van der Waals surface area contributed by atoms with Crippen LogP contribution in [0.15, 0.2) is 12.1 Å². The Kier molecular flexibility index (Phi) is 3.37. The normalized spacial score (nSPS) is 22.2. The zero-order valence-electron chi connectivity index (χ0n) is 9.94. The number of rotatable bonds is 3. The molecule has 1 saturated heterocycles. The van der Waals surface area contributed by atoms with Crippen LogP contribution in [0.5, 0.6) is 5.75 Å². The molecular formula is C12H11F2NO4. The van der Waals surface area contributed by atoms with Crippen LogP contribution < -0.4 is 10.1 Å². The summed E-state index contributed by atoms with van der Waals surface area (Å²) in [6, 6.07) is 1.92. The second-order valence-electron chi connectivity index (χ2n) is 4.17. The molecular weight excluding hydrogens is 260 g/mol. The molecule has 0 spiro atoms. The Balaban J connectivity index is 2.47. The molecule has 7 heteroatoms. The van der Waals surface area contributed by atoms with E-state index in [1.807, 2.05) is 0 Å². The van der Waals surface area contributed by atoms with Gasteiger partial charge in [-0.3, -0.25) is 9.59 Å². The van der Waals surface area contributed by atoms with Gasteiger partial charge in [-0.25, -0.2) is 8.78 Å². The molecule has 102 valence electrons. The Morgan fingerprint density at radius 3 is 2.47 bits per heavy atom. The first-order valence-corrected chi connectivity index (χ1v) is 5.49. The Morgan fingerprint density at radius 1 is 1.42 bits per heavy atom. The molecule has 1 heterocycles. The van der Waals surface area contributed by atoms with Gasteiger partial charge in [0.05, 0.1) is 7.11 Å². The van der Waals surface area contributed by atoms with Crippen molar-refractivity contribution in [2.45, 2.75) is 5.92 Å². The molecule has 2 rings (SSSR count). The number of hydrogen-bond donors (Lipinski definition) is 2. The van der Waals surface area contributed by atoms with Crippen LogP contribution in [0.25, 0.3) is 0 Å². The lowest BCUT2D eigenvalue weighted by atomic mass is 9.88. The van der Waals surface area contributed by atoms with E-state index in [-0.39, 0.29) is 12.3 Å². The van der Waals surface area contributed by atoms with Gasteiger partial charge in [0.2, 0.25) is 5.91 Å². The quantitative estimate of drug-likeness (QED) is 0.800. The predicted octanol–water partition coefficient (Wildman–Crippen LogP) is 0.888. The van der Waals surface area contributed by atoms with E-state index in [1.165, 1.54) is 7.11 Å².